The second kappa shape index (κ2) is 13.5. The van der Waals surface area contributed by atoms with E-state index in [1.165, 1.54) is 16.7 Å². The third kappa shape index (κ3) is 8.85. The lowest BCUT2D eigenvalue weighted by molar-refractivity contribution is -0.274. The Labute approximate surface area is 236 Å². The van der Waals surface area contributed by atoms with Gasteiger partial charge in [-0.2, -0.15) is 4.98 Å². The summed E-state index contributed by atoms with van der Waals surface area (Å²) in [4.78, 5) is 17.5. The molecule has 1 amide bonds. The summed E-state index contributed by atoms with van der Waals surface area (Å²) in [6.07, 6.45) is -1.52. The van der Waals surface area contributed by atoms with Crippen molar-refractivity contribution in [2.75, 3.05) is 19.8 Å². The van der Waals surface area contributed by atoms with Crippen LogP contribution in [0.4, 0.5) is 13.2 Å². The van der Waals surface area contributed by atoms with Gasteiger partial charge in [-0.3, -0.25) is 9.36 Å². The maximum atomic E-state index is 13.2. The number of amides is 1. The van der Waals surface area contributed by atoms with Gasteiger partial charge >= 0.3 is 12.4 Å². The molecule has 1 aliphatic heterocycles. The van der Waals surface area contributed by atoms with Gasteiger partial charge in [-0.15, -0.1) is 13.2 Å². The fourth-order valence-electron chi connectivity index (χ4n) is 3.87. The topological polar surface area (TPSA) is 83.8 Å². The van der Waals surface area contributed by atoms with Gasteiger partial charge in [0.15, 0.2) is 6.29 Å². The largest absolute Gasteiger partial charge is 0.573 e. The van der Waals surface area contributed by atoms with E-state index in [1.54, 1.807) is 24.3 Å². The second-order valence-corrected chi connectivity index (χ2v) is 9.84. The third-order valence-electron chi connectivity index (χ3n) is 5.66. The first-order chi connectivity index (χ1) is 18.7. The molecule has 0 bridgehead atoms. The van der Waals surface area contributed by atoms with Gasteiger partial charge in [-0.1, -0.05) is 29.8 Å². The summed E-state index contributed by atoms with van der Waals surface area (Å²) in [5, 5.41) is 3.40. The van der Waals surface area contributed by atoms with Crippen molar-refractivity contribution in [3.8, 4) is 17.5 Å². The monoisotopic (exact) mass is 631 g/mol. The predicted molar refractivity (Wildman–Crippen MR) is 140 cm³/mol. The van der Waals surface area contributed by atoms with E-state index in [0.29, 0.717) is 31.2 Å². The molecule has 2 aromatic carbocycles. The molecule has 2 heterocycles. The standard InChI is InChI=1S/C26H26BrClF3N3O5/c27-23-22(24(35)32-12-4-14-37-21-7-1-2-13-36-21)34(16-17-8-10-18(28)11-9-17)25(33-23)38-19-5-3-6-20(15-19)39-26(29,30)31/h3,5-6,8-11,15,21H,1-2,4,7,12-14,16H2,(H,32,35). The van der Waals surface area contributed by atoms with E-state index in [9.17, 15) is 18.0 Å². The number of rotatable bonds is 11. The Hall–Kier alpha value is -2.80. The van der Waals surface area contributed by atoms with E-state index in [-0.39, 0.29) is 34.9 Å². The molecule has 1 fully saturated rings. The summed E-state index contributed by atoms with van der Waals surface area (Å²) in [6, 6.07) is 12.0. The number of carbonyl (C=O) groups is 1. The minimum absolute atomic E-state index is 0.0103. The first-order valence-electron chi connectivity index (χ1n) is 12.2. The Morgan fingerprint density at radius 2 is 1.95 bits per heavy atom. The van der Waals surface area contributed by atoms with Crippen molar-refractivity contribution in [3.63, 3.8) is 0 Å². The molecular weight excluding hydrogens is 607 g/mol. The van der Waals surface area contributed by atoms with Crippen LogP contribution in [0.15, 0.2) is 53.1 Å². The van der Waals surface area contributed by atoms with E-state index in [1.807, 2.05) is 0 Å². The maximum absolute atomic E-state index is 13.2. The summed E-state index contributed by atoms with van der Waals surface area (Å²) >= 11 is 9.33. The number of halogens is 5. The van der Waals surface area contributed by atoms with Crippen LogP contribution in [-0.2, 0) is 16.0 Å². The summed E-state index contributed by atoms with van der Waals surface area (Å²) in [5.41, 5.74) is 0.970. The van der Waals surface area contributed by atoms with Crippen LogP contribution < -0.4 is 14.8 Å². The number of aromatic nitrogens is 2. The molecule has 1 N–H and O–H groups in total. The smallest absolute Gasteiger partial charge is 0.425 e. The summed E-state index contributed by atoms with van der Waals surface area (Å²) in [5.74, 6) is -0.824. The van der Waals surface area contributed by atoms with Crippen LogP contribution in [0.2, 0.25) is 5.02 Å². The molecule has 1 saturated heterocycles. The molecule has 3 aromatic rings. The van der Waals surface area contributed by atoms with Crippen LogP contribution in [0.3, 0.4) is 0 Å². The Morgan fingerprint density at radius 3 is 2.67 bits per heavy atom. The van der Waals surface area contributed by atoms with Gasteiger partial charge in [0.1, 0.15) is 21.8 Å². The number of hydrogen-bond acceptors (Lipinski definition) is 6. The minimum Gasteiger partial charge on any atom is -0.425 e. The normalized spacial score (nSPS) is 15.7. The van der Waals surface area contributed by atoms with E-state index < -0.39 is 18.0 Å². The highest BCUT2D eigenvalue weighted by atomic mass is 79.9. The van der Waals surface area contributed by atoms with Crippen molar-refractivity contribution < 1.29 is 36.9 Å². The zero-order chi connectivity index (χ0) is 27.8. The molecule has 1 aromatic heterocycles. The molecule has 39 heavy (non-hydrogen) atoms. The lowest BCUT2D eigenvalue weighted by Crippen LogP contribution is -2.29. The van der Waals surface area contributed by atoms with Crippen LogP contribution in [0.5, 0.6) is 17.5 Å². The number of benzene rings is 2. The summed E-state index contributed by atoms with van der Waals surface area (Å²) < 4.78 is 60.8. The van der Waals surface area contributed by atoms with Crippen LogP contribution in [0, 0.1) is 0 Å². The average molecular weight is 633 g/mol. The van der Waals surface area contributed by atoms with Gasteiger partial charge in [0, 0.05) is 24.2 Å². The van der Waals surface area contributed by atoms with Crippen molar-refractivity contribution in [2.24, 2.45) is 0 Å². The van der Waals surface area contributed by atoms with Gasteiger partial charge in [0.05, 0.1) is 13.2 Å². The highest BCUT2D eigenvalue weighted by Crippen LogP contribution is 2.31. The first kappa shape index (κ1) is 29.2. The zero-order valence-corrected chi connectivity index (χ0v) is 23.0. The minimum atomic E-state index is -4.85. The molecule has 0 spiro atoms. The number of imidazole rings is 1. The van der Waals surface area contributed by atoms with Crippen molar-refractivity contribution in [3.05, 3.63) is 69.4 Å². The lowest BCUT2D eigenvalue weighted by atomic mass is 10.2. The molecule has 1 atom stereocenters. The van der Waals surface area contributed by atoms with Gasteiger partial charge < -0.3 is 24.3 Å². The molecule has 210 valence electrons. The number of hydrogen-bond donors (Lipinski definition) is 1. The molecule has 8 nitrogen and oxygen atoms in total. The number of alkyl halides is 3. The predicted octanol–water partition coefficient (Wildman–Crippen LogP) is 6.70. The van der Waals surface area contributed by atoms with Crippen LogP contribution in [-0.4, -0.2) is 47.9 Å². The molecule has 1 unspecified atom stereocenters. The van der Waals surface area contributed by atoms with Gasteiger partial charge in [-0.05, 0) is 71.4 Å². The average Bonchev–Trinajstić information content (AvgIpc) is 3.19. The molecule has 4 rings (SSSR count). The fraction of sp³-hybridized carbons (Fsp3) is 0.385. The quantitative estimate of drug-likeness (QED) is 0.237. The maximum Gasteiger partial charge on any atom is 0.573 e. The summed E-state index contributed by atoms with van der Waals surface area (Å²) in [7, 11) is 0. The van der Waals surface area contributed by atoms with E-state index >= 15 is 0 Å². The second-order valence-electron chi connectivity index (χ2n) is 8.65. The Morgan fingerprint density at radius 1 is 1.18 bits per heavy atom. The number of nitrogens with zero attached hydrogens (tertiary/aromatic N) is 2. The van der Waals surface area contributed by atoms with Crippen molar-refractivity contribution in [1.82, 2.24) is 14.9 Å². The Kier molecular flexibility index (Phi) is 10.1. The Bertz CT molecular complexity index is 1250. The molecular formula is C26H26BrClF3N3O5. The third-order valence-corrected chi connectivity index (χ3v) is 6.46. The van der Waals surface area contributed by atoms with Crippen LogP contribution >= 0.6 is 27.5 Å². The first-order valence-corrected chi connectivity index (χ1v) is 13.4. The SMILES string of the molecule is O=C(NCCCOC1CCCCO1)c1c(Br)nc(Oc2cccc(OC(F)(F)F)c2)n1Cc1ccc(Cl)cc1. The number of carbonyl (C=O) groups excluding carboxylic acids is 1. The van der Waals surface area contributed by atoms with Crippen molar-refractivity contribution in [2.45, 2.75) is 44.9 Å². The fourth-order valence-corrected chi connectivity index (χ4v) is 4.54. The van der Waals surface area contributed by atoms with E-state index in [2.05, 4.69) is 31.0 Å². The van der Waals surface area contributed by atoms with Crippen LogP contribution in [0.25, 0.3) is 0 Å². The van der Waals surface area contributed by atoms with Gasteiger partial charge in [0.2, 0.25) is 0 Å². The molecule has 0 radical (unpaired) electrons. The Balaban J connectivity index is 1.49. The van der Waals surface area contributed by atoms with E-state index in [4.69, 9.17) is 25.8 Å². The molecule has 0 aliphatic carbocycles. The van der Waals surface area contributed by atoms with Crippen LogP contribution in [0.1, 0.15) is 41.7 Å². The highest BCUT2D eigenvalue weighted by molar-refractivity contribution is 9.10. The lowest BCUT2D eigenvalue weighted by Gasteiger charge is -2.22. The zero-order valence-electron chi connectivity index (χ0n) is 20.7. The molecule has 1 aliphatic rings. The molecule has 0 saturated carbocycles. The molecule has 13 heteroatoms. The van der Waals surface area contributed by atoms with E-state index in [0.717, 1.165) is 37.0 Å². The van der Waals surface area contributed by atoms with Crippen molar-refractivity contribution >= 4 is 33.4 Å². The number of ether oxygens (including phenoxy) is 4. The summed E-state index contributed by atoms with van der Waals surface area (Å²) in [6.45, 7) is 1.64. The highest BCUT2D eigenvalue weighted by Gasteiger charge is 2.31. The van der Waals surface area contributed by atoms with Crippen molar-refractivity contribution in [1.29, 1.82) is 0 Å². The number of nitrogens with one attached hydrogen (secondary N) is 1. The van der Waals surface area contributed by atoms with Gasteiger partial charge in [0.25, 0.3) is 5.91 Å². The van der Waals surface area contributed by atoms with Gasteiger partial charge in [-0.25, -0.2) is 0 Å².